The Balaban J connectivity index is 2.98. The summed E-state index contributed by atoms with van der Waals surface area (Å²) >= 11 is 5.79. The van der Waals surface area contributed by atoms with Crippen molar-refractivity contribution in [1.29, 1.82) is 0 Å². The minimum absolute atomic E-state index is 0.615. The highest BCUT2D eigenvalue weighted by molar-refractivity contribution is 6.31. The summed E-state index contributed by atoms with van der Waals surface area (Å²) in [5.41, 5.74) is 6.47. The van der Waals surface area contributed by atoms with Gasteiger partial charge in [0.2, 0.25) is 0 Å². The van der Waals surface area contributed by atoms with Gasteiger partial charge in [0, 0.05) is 11.2 Å². The van der Waals surface area contributed by atoms with Crippen LogP contribution >= 0.6 is 11.6 Å². The van der Waals surface area contributed by atoms with E-state index in [0.29, 0.717) is 10.9 Å². The van der Waals surface area contributed by atoms with Gasteiger partial charge in [-0.25, -0.2) is 0 Å². The van der Waals surface area contributed by atoms with Crippen LogP contribution in [0, 0.1) is 0 Å². The quantitative estimate of drug-likeness (QED) is 0.557. The van der Waals surface area contributed by atoms with Crippen LogP contribution in [-0.2, 0) is 0 Å². The summed E-state index contributed by atoms with van der Waals surface area (Å²) in [6.07, 6.45) is 5.28. The predicted octanol–water partition coefficient (Wildman–Crippen LogP) is 1.42. The summed E-state index contributed by atoms with van der Waals surface area (Å²) < 4.78 is 0. The molecule has 10 heavy (non-hydrogen) atoms. The molecule has 0 aromatic rings. The molecule has 0 unspecified atom stereocenters. The smallest absolute Gasteiger partial charge is 0.100 e. The van der Waals surface area contributed by atoms with Crippen molar-refractivity contribution < 1.29 is 0 Å². The molecular weight excluding hydrogens is 148 g/mol. The van der Waals surface area contributed by atoms with E-state index < -0.39 is 0 Å². The van der Waals surface area contributed by atoms with Gasteiger partial charge in [-0.3, -0.25) is 0 Å². The van der Waals surface area contributed by atoms with Crippen molar-refractivity contribution in [1.82, 2.24) is 5.32 Å². The molecule has 3 heteroatoms. The number of halogens is 1. The highest BCUT2D eigenvalue weighted by atomic mass is 35.5. The van der Waals surface area contributed by atoms with E-state index >= 15 is 0 Å². The van der Waals surface area contributed by atoms with Crippen molar-refractivity contribution in [2.24, 2.45) is 5.73 Å². The summed E-state index contributed by atoms with van der Waals surface area (Å²) in [6, 6.07) is 0. The molecule has 1 rings (SSSR count). The first kappa shape index (κ1) is 7.22. The molecule has 0 saturated heterocycles. The Morgan fingerprint density at radius 2 is 2.30 bits per heavy atom. The van der Waals surface area contributed by atoms with Crippen molar-refractivity contribution in [2.45, 2.75) is 6.92 Å². The number of hydrogen-bond acceptors (Lipinski definition) is 2. The molecule has 3 N–H and O–H groups in total. The van der Waals surface area contributed by atoms with Crippen LogP contribution in [0.1, 0.15) is 6.92 Å². The Labute approximate surface area is 65.0 Å². The first-order valence-corrected chi connectivity index (χ1v) is 3.34. The molecule has 0 fully saturated rings. The molecule has 54 valence electrons. The summed E-state index contributed by atoms with van der Waals surface area (Å²) in [5.74, 6) is 0.615. The maximum atomic E-state index is 5.79. The Morgan fingerprint density at radius 3 is 3.00 bits per heavy atom. The van der Waals surface area contributed by atoms with Gasteiger partial charge in [-0.2, -0.15) is 0 Å². The molecule has 0 aromatic carbocycles. The maximum Gasteiger partial charge on any atom is 0.100 e. The van der Waals surface area contributed by atoms with Gasteiger partial charge in [0.15, 0.2) is 0 Å². The Hall–Kier alpha value is -0.890. The van der Waals surface area contributed by atoms with E-state index in [1.54, 1.807) is 18.4 Å². The molecule has 0 amide bonds. The van der Waals surface area contributed by atoms with Crippen LogP contribution in [0.4, 0.5) is 0 Å². The Bertz CT molecular complexity index is 226. The van der Waals surface area contributed by atoms with Crippen LogP contribution in [0.2, 0.25) is 0 Å². The predicted molar refractivity (Wildman–Crippen MR) is 43.1 cm³/mol. The molecule has 0 atom stereocenters. The lowest BCUT2D eigenvalue weighted by molar-refractivity contribution is 1.03. The first-order valence-electron chi connectivity index (χ1n) is 2.97. The van der Waals surface area contributed by atoms with Crippen LogP contribution < -0.4 is 11.1 Å². The van der Waals surface area contributed by atoms with E-state index in [1.807, 2.05) is 6.92 Å². The SMILES string of the molecule is CC1=C(Cl)C=CNC(N)=C1. The summed E-state index contributed by atoms with van der Waals surface area (Å²) in [5, 5.41) is 3.55. The summed E-state index contributed by atoms with van der Waals surface area (Å²) in [4.78, 5) is 0. The van der Waals surface area contributed by atoms with E-state index in [2.05, 4.69) is 5.32 Å². The van der Waals surface area contributed by atoms with Gasteiger partial charge in [-0.1, -0.05) is 11.6 Å². The Morgan fingerprint density at radius 1 is 1.60 bits per heavy atom. The van der Waals surface area contributed by atoms with Crippen molar-refractivity contribution >= 4 is 11.6 Å². The van der Waals surface area contributed by atoms with Crippen molar-refractivity contribution in [3.05, 3.63) is 34.8 Å². The third-order valence-electron chi connectivity index (χ3n) is 1.23. The lowest BCUT2D eigenvalue weighted by atomic mass is 10.3. The van der Waals surface area contributed by atoms with Crippen molar-refractivity contribution in [3.63, 3.8) is 0 Å². The second kappa shape index (κ2) is 2.80. The lowest BCUT2D eigenvalue weighted by Crippen LogP contribution is -2.12. The fourth-order valence-electron chi connectivity index (χ4n) is 0.686. The molecule has 1 aliphatic heterocycles. The van der Waals surface area contributed by atoms with E-state index in [4.69, 9.17) is 17.3 Å². The maximum absolute atomic E-state index is 5.79. The summed E-state index contributed by atoms with van der Waals surface area (Å²) in [6.45, 7) is 1.91. The number of nitrogens with two attached hydrogens (primary N) is 1. The van der Waals surface area contributed by atoms with Crippen molar-refractivity contribution in [2.75, 3.05) is 0 Å². The standard InChI is InChI=1S/C7H9ClN2/c1-5-4-7(9)10-3-2-6(5)8/h2-4,10H,9H2,1H3. The zero-order chi connectivity index (χ0) is 7.56. The molecule has 0 bridgehead atoms. The average Bonchev–Trinajstić information content (AvgIpc) is 1.96. The number of allylic oxidation sites excluding steroid dienone is 4. The minimum Gasteiger partial charge on any atom is -0.385 e. The van der Waals surface area contributed by atoms with Crippen molar-refractivity contribution in [3.8, 4) is 0 Å². The minimum atomic E-state index is 0.615. The molecule has 0 aliphatic carbocycles. The van der Waals surface area contributed by atoms with E-state index in [-0.39, 0.29) is 0 Å². The van der Waals surface area contributed by atoms with Gasteiger partial charge in [0.05, 0.1) is 0 Å². The van der Waals surface area contributed by atoms with E-state index in [9.17, 15) is 0 Å². The monoisotopic (exact) mass is 156 g/mol. The normalized spacial score (nSPS) is 18.0. The first-order chi connectivity index (χ1) is 4.70. The molecule has 0 aromatic heterocycles. The molecule has 0 saturated carbocycles. The molecule has 1 aliphatic rings. The Kier molecular flexibility index (Phi) is 2.02. The topological polar surface area (TPSA) is 38.0 Å². The fraction of sp³-hybridized carbons (Fsp3) is 0.143. The molecule has 0 radical (unpaired) electrons. The molecule has 2 nitrogen and oxygen atoms in total. The van der Waals surface area contributed by atoms with Crippen LogP contribution in [0.25, 0.3) is 0 Å². The lowest BCUT2D eigenvalue weighted by Gasteiger charge is -1.95. The summed E-state index contributed by atoms with van der Waals surface area (Å²) in [7, 11) is 0. The van der Waals surface area contributed by atoms with Crippen LogP contribution in [0.5, 0.6) is 0 Å². The highest BCUT2D eigenvalue weighted by Crippen LogP contribution is 2.13. The molecule has 1 heterocycles. The third-order valence-corrected chi connectivity index (χ3v) is 1.65. The number of rotatable bonds is 0. The zero-order valence-corrected chi connectivity index (χ0v) is 6.44. The third kappa shape index (κ3) is 1.54. The van der Waals surface area contributed by atoms with Crippen LogP contribution in [0.15, 0.2) is 34.8 Å². The van der Waals surface area contributed by atoms with Gasteiger partial charge < -0.3 is 11.1 Å². The fourth-order valence-corrected chi connectivity index (χ4v) is 0.804. The number of hydrogen-bond donors (Lipinski definition) is 2. The molecular formula is C7H9ClN2. The van der Waals surface area contributed by atoms with Gasteiger partial charge >= 0.3 is 0 Å². The van der Waals surface area contributed by atoms with Gasteiger partial charge in [-0.05, 0) is 24.6 Å². The van der Waals surface area contributed by atoms with Gasteiger partial charge in [0.25, 0.3) is 0 Å². The largest absolute Gasteiger partial charge is 0.385 e. The molecule has 0 spiro atoms. The zero-order valence-electron chi connectivity index (χ0n) is 5.69. The van der Waals surface area contributed by atoms with Crippen LogP contribution in [-0.4, -0.2) is 0 Å². The average molecular weight is 157 g/mol. The van der Waals surface area contributed by atoms with Gasteiger partial charge in [-0.15, -0.1) is 0 Å². The second-order valence-corrected chi connectivity index (χ2v) is 2.52. The highest BCUT2D eigenvalue weighted by Gasteiger charge is 1.96. The van der Waals surface area contributed by atoms with E-state index in [0.717, 1.165) is 5.57 Å². The van der Waals surface area contributed by atoms with E-state index in [1.165, 1.54) is 0 Å². The van der Waals surface area contributed by atoms with Gasteiger partial charge in [0.1, 0.15) is 5.82 Å². The second-order valence-electron chi connectivity index (χ2n) is 2.11. The van der Waals surface area contributed by atoms with Crippen LogP contribution in [0.3, 0.4) is 0 Å². The number of nitrogens with one attached hydrogen (secondary N) is 1.